The van der Waals surface area contributed by atoms with Crippen molar-refractivity contribution in [2.45, 2.75) is 16.1 Å². The van der Waals surface area contributed by atoms with E-state index in [-0.39, 0.29) is 26.0 Å². The predicted molar refractivity (Wildman–Crippen MR) is 69.8 cm³/mol. The van der Waals surface area contributed by atoms with E-state index in [4.69, 9.17) is 28.9 Å². The van der Waals surface area contributed by atoms with Crippen molar-refractivity contribution >= 4 is 40.8 Å². The van der Waals surface area contributed by atoms with E-state index in [0.717, 1.165) is 6.07 Å². The van der Waals surface area contributed by atoms with Gasteiger partial charge in [-0.3, -0.25) is 0 Å². The normalized spacial score (nSPS) is 11.7. The Balaban J connectivity index is 2.45. The van der Waals surface area contributed by atoms with Crippen molar-refractivity contribution in [3.63, 3.8) is 0 Å². The SMILES string of the molecule is Nc1nc(Cl)cnc1Sc1cc(Cl)ncc1C(F)(F)F. The van der Waals surface area contributed by atoms with Gasteiger partial charge >= 0.3 is 6.18 Å². The molecule has 0 atom stereocenters. The molecule has 4 nitrogen and oxygen atoms in total. The summed E-state index contributed by atoms with van der Waals surface area (Å²) in [6, 6.07) is 1.09. The first-order valence-electron chi connectivity index (χ1n) is 4.96. The van der Waals surface area contributed by atoms with Gasteiger partial charge in [0.1, 0.15) is 15.3 Å². The minimum Gasteiger partial charge on any atom is -0.381 e. The third-order valence-electron chi connectivity index (χ3n) is 2.08. The second-order valence-corrected chi connectivity index (χ2v) is 5.29. The molecule has 0 aliphatic rings. The van der Waals surface area contributed by atoms with Crippen molar-refractivity contribution < 1.29 is 13.2 Å². The standard InChI is InChI=1S/C10H5Cl2F3N4S/c11-6-1-5(4(2-17-6)10(13,14)15)20-9-8(16)19-7(12)3-18-9/h1-3H,(H2,16,19). The molecule has 0 saturated heterocycles. The van der Waals surface area contributed by atoms with Gasteiger partial charge < -0.3 is 5.73 Å². The summed E-state index contributed by atoms with van der Waals surface area (Å²) in [5, 5.41) is 0.0822. The fourth-order valence-corrected chi connectivity index (χ4v) is 2.54. The average Bonchev–Trinajstić information content (AvgIpc) is 2.31. The van der Waals surface area contributed by atoms with Gasteiger partial charge in [-0.15, -0.1) is 0 Å². The summed E-state index contributed by atoms with van der Waals surface area (Å²) in [7, 11) is 0. The first kappa shape index (κ1) is 15.1. The van der Waals surface area contributed by atoms with Gasteiger partial charge in [-0.2, -0.15) is 13.2 Å². The maximum atomic E-state index is 12.9. The van der Waals surface area contributed by atoms with Gasteiger partial charge in [-0.25, -0.2) is 15.0 Å². The molecule has 0 aromatic carbocycles. The highest BCUT2D eigenvalue weighted by atomic mass is 35.5. The molecule has 2 N–H and O–H groups in total. The molecule has 106 valence electrons. The van der Waals surface area contributed by atoms with Crippen LogP contribution >= 0.6 is 35.0 Å². The lowest BCUT2D eigenvalue weighted by Gasteiger charge is -2.12. The third-order valence-corrected chi connectivity index (χ3v) is 3.53. The summed E-state index contributed by atoms with van der Waals surface area (Å²) in [5.74, 6) is -0.0661. The van der Waals surface area contributed by atoms with Crippen LogP contribution in [-0.2, 0) is 6.18 Å². The number of rotatable bonds is 2. The van der Waals surface area contributed by atoms with E-state index >= 15 is 0 Å². The van der Waals surface area contributed by atoms with E-state index in [0.29, 0.717) is 18.0 Å². The molecule has 2 rings (SSSR count). The Labute approximate surface area is 125 Å². The van der Waals surface area contributed by atoms with Crippen molar-refractivity contribution in [1.82, 2.24) is 15.0 Å². The monoisotopic (exact) mass is 340 g/mol. The molecule has 10 heteroatoms. The highest BCUT2D eigenvalue weighted by Gasteiger charge is 2.34. The van der Waals surface area contributed by atoms with Gasteiger partial charge in [-0.1, -0.05) is 35.0 Å². The number of nitrogens with zero attached hydrogens (tertiary/aromatic N) is 3. The van der Waals surface area contributed by atoms with Crippen LogP contribution in [-0.4, -0.2) is 15.0 Å². The lowest BCUT2D eigenvalue weighted by Crippen LogP contribution is -2.08. The lowest BCUT2D eigenvalue weighted by molar-refractivity contribution is -0.140. The fourth-order valence-electron chi connectivity index (χ4n) is 1.26. The molecule has 0 aliphatic carbocycles. The minimum absolute atomic E-state index is 0.0515. The number of halogens is 5. The van der Waals surface area contributed by atoms with E-state index < -0.39 is 11.7 Å². The van der Waals surface area contributed by atoms with Crippen LogP contribution in [0.4, 0.5) is 19.0 Å². The summed E-state index contributed by atoms with van der Waals surface area (Å²) in [5.41, 5.74) is 4.63. The smallest absolute Gasteiger partial charge is 0.381 e. The number of anilines is 1. The molecular formula is C10H5Cl2F3N4S. The molecule has 0 fully saturated rings. The predicted octanol–water partition coefficient (Wildman–Crippen LogP) is 3.93. The summed E-state index contributed by atoms with van der Waals surface area (Å²) >= 11 is 11.9. The second-order valence-electron chi connectivity index (χ2n) is 3.49. The third kappa shape index (κ3) is 3.44. The average molecular weight is 341 g/mol. The minimum atomic E-state index is -4.56. The van der Waals surface area contributed by atoms with Crippen LogP contribution < -0.4 is 5.73 Å². The van der Waals surface area contributed by atoms with Crippen LogP contribution in [0.5, 0.6) is 0 Å². The molecule has 2 aromatic heterocycles. The van der Waals surface area contributed by atoms with E-state index in [2.05, 4.69) is 15.0 Å². The van der Waals surface area contributed by atoms with Crippen molar-refractivity contribution in [3.05, 3.63) is 34.3 Å². The van der Waals surface area contributed by atoms with Gasteiger partial charge in [0, 0.05) is 11.1 Å². The first-order valence-corrected chi connectivity index (χ1v) is 6.53. The van der Waals surface area contributed by atoms with Crippen LogP contribution in [0.1, 0.15) is 5.56 Å². The summed E-state index contributed by atoms with van der Waals surface area (Å²) < 4.78 is 38.6. The summed E-state index contributed by atoms with van der Waals surface area (Å²) in [4.78, 5) is 10.8. The Morgan fingerprint density at radius 2 is 1.80 bits per heavy atom. The zero-order valence-corrected chi connectivity index (χ0v) is 11.8. The zero-order valence-electron chi connectivity index (χ0n) is 9.45. The number of pyridine rings is 1. The van der Waals surface area contributed by atoms with E-state index in [1.165, 1.54) is 6.20 Å². The second kappa shape index (κ2) is 5.63. The van der Waals surface area contributed by atoms with Crippen molar-refractivity contribution in [2.24, 2.45) is 0 Å². The summed E-state index contributed by atoms with van der Waals surface area (Å²) in [6.07, 6.45) is -2.71. The lowest BCUT2D eigenvalue weighted by atomic mass is 10.3. The fraction of sp³-hybridized carbons (Fsp3) is 0.100. The van der Waals surface area contributed by atoms with Crippen LogP contribution in [0.15, 0.2) is 28.4 Å². The molecule has 2 heterocycles. The molecule has 2 aromatic rings. The molecule has 0 unspecified atom stereocenters. The number of nitrogens with two attached hydrogens (primary N) is 1. The highest BCUT2D eigenvalue weighted by molar-refractivity contribution is 7.99. The largest absolute Gasteiger partial charge is 0.418 e. The molecule has 0 radical (unpaired) electrons. The summed E-state index contributed by atoms with van der Waals surface area (Å²) in [6.45, 7) is 0. The van der Waals surface area contributed by atoms with Gasteiger partial charge in [0.05, 0.1) is 11.8 Å². The van der Waals surface area contributed by atoms with Crippen molar-refractivity contribution in [3.8, 4) is 0 Å². The Kier molecular flexibility index (Phi) is 4.26. The maximum Gasteiger partial charge on any atom is 0.418 e. The van der Waals surface area contributed by atoms with E-state index in [1.807, 2.05) is 0 Å². The molecule has 0 spiro atoms. The maximum absolute atomic E-state index is 12.9. The van der Waals surface area contributed by atoms with Crippen LogP contribution in [0, 0.1) is 0 Å². The molecule has 0 aliphatic heterocycles. The molecular weight excluding hydrogens is 336 g/mol. The molecule has 20 heavy (non-hydrogen) atoms. The zero-order chi connectivity index (χ0) is 14.9. The van der Waals surface area contributed by atoms with Crippen LogP contribution in [0.3, 0.4) is 0 Å². The number of alkyl halides is 3. The Morgan fingerprint density at radius 3 is 2.40 bits per heavy atom. The van der Waals surface area contributed by atoms with Crippen LogP contribution in [0.2, 0.25) is 10.3 Å². The quantitative estimate of drug-likeness (QED) is 0.839. The Hall–Kier alpha value is -1.25. The number of hydrogen-bond donors (Lipinski definition) is 1. The topological polar surface area (TPSA) is 64.7 Å². The van der Waals surface area contributed by atoms with Gasteiger partial charge in [-0.05, 0) is 6.07 Å². The number of hydrogen-bond acceptors (Lipinski definition) is 5. The van der Waals surface area contributed by atoms with Crippen molar-refractivity contribution in [1.29, 1.82) is 0 Å². The first-order chi connectivity index (χ1) is 9.27. The molecule has 0 amide bonds. The van der Waals surface area contributed by atoms with E-state index in [1.54, 1.807) is 0 Å². The van der Waals surface area contributed by atoms with E-state index in [9.17, 15) is 13.2 Å². The van der Waals surface area contributed by atoms with Crippen molar-refractivity contribution in [2.75, 3.05) is 5.73 Å². The van der Waals surface area contributed by atoms with Gasteiger partial charge in [0.25, 0.3) is 0 Å². The van der Waals surface area contributed by atoms with Gasteiger partial charge in [0.15, 0.2) is 5.82 Å². The van der Waals surface area contributed by atoms with Crippen LogP contribution in [0.25, 0.3) is 0 Å². The van der Waals surface area contributed by atoms with Gasteiger partial charge in [0.2, 0.25) is 0 Å². The molecule has 0 saturated carbocycles. The number of aromatic nitrogens is 3. The molecule has 0 bridgehead atoms. The number of nitrogen functional groups attached to an aromatic ring is 1. The Bertz CT molecular complexity index is 651. The Morgan fingerprint density at radius 1 is 1.10 bits per heavy atom. The highest BCUT2D eigenvalue weighted by Crippen LogP contribution is 2.40.